The van der Waals surface area contributed by atoms with Gasteiger partial charge in [0.2, 0.25) is 5.95 Å². The maximum atomic E-state index is 6.22. The van der Waals surface area contributed by atoms with E-state index >= 15 is 0 Å². The highest BCUT2D eigenvalue weighted by Crippen LogP contribution is 2.38. The Balaban J connectivity index is 1.69. The van der Waals surface area contributed by atoms with E-state index in [0.29, 0.717) is 27.7 Å². The molecular formula is C19H16Cl2N4. The normalized spacial score (nSPS) is 16.0. The van der Waals surface area contributed by atoms with Gasteiger partial charge in [-0.15, -0.1) is 0 Å². The molecule has 1 aliphatic heterocycles. The highest BCUT2D eigenvalue weighted by Gasteiger charge is 2.27. The molecule has 4 rings (SSSR count). The molecule has 1 atom stereocenters. The Kier molecular flexibility index (Phi) is 4.24. The Morgan fingerprint density at radius 1 is 1.04 bits per heavy atom. The first-order chi connectivity index (χ1) is 12.1. The summed E-state index contributed by atoms with van der Waals surface area (Å²) in [5, 5.41) is 4.19. The molecule has 0 saturated heterocycles. The second kappa shape index (κ2) is 6.54. The van der Waals surface area contributed by atoms with Gasteiger partial charge < -0.3 is 10.2 Å². The van der Waals surface area contributed by atoms with Crippen LogP contribution < -0.4 is 10.2 Å². The van der Waals surface area contributed by atoms with Crippen molar-refractivity contribution in [1.29, 1.82) is 0 Å². The molecule has 3 aromatic rings. The zero-order valence-electron chi connectivity index (χ0n) is 13.6. The summed E-state index contributed by atoms with van der Waals surface area (Å²) in [6.07, 6.45) is 2.74. The van der Waals surface area contributed by atoms with Crippen molar-refractivity contribution in [3.05, 3.63) is 70.3 Å². The third-order valence-corrected chi connectivity index (χ3v) is 4.92. The molecule has 0 fully saturated rings. The molecule has 1 aliphatic rings. The number of benzene rings is 2. The van der Waals surface area contributed by atoms with E-state index in [1.165, 1.54) is 11.3 Å². The third-order valence-electron chi connectivity index (χ3n) is 4.29. The minimum absolute atomic E-state index is 0.337. The number of anilines is 4. The van der Waals surface area contributed by atoms with Gasteiger partial charge in [0.1, 0.15) is 5.82 Å². The van der Waals surface area contributed by atoms with Gasteiger partial charge in [0.05, 0.1) is 15.7 Å². The van der Waals surface area contributed by atoms with Crippen LogP contribution in [-0.4, -0.2) is 16.0 Å². The fourth-order valence-corrected chi connectivity index (χ4v) is 3.68. The second-order valence-electron chi connectivity index (χ2n) is 6.01. The van der Waals surface area contributed by atoms with Crippen molar-refractivity contribution >= 4 is 46.3 Å². The van der Waals surface area contributed by atoms with Gasteiger partial charge in [-0.1, -0.05) is 47.5 Å². The van der Waals surface area contributed by atoms with Gasteiger partial charge in [-0.05, 0) is 43.2 Å². The Labute approximate surface area is 156 Å². The molecule has 25 heavy (non-hydrogen) atoms. The molecule has 1 aromatic heterocycles. The molecule has 4 nitrogen and oxygen atoms in total. The molecule has 0 aliphatic carbocycles. The van der Waals surface area contributed by atoms with Crippen LogP contribution in [0.3, 0.4) is 0 Å². The van der Waals surface area contributed by atoms with Crippen LogP contribution in [0, 0.1) is 0 Å². The average molecular weight is 371 g/mol. The highest BCUT2D eigenvalue weighted by molar-refractivity contribution is 6.39. The van der Waals surface area contributed by atoms with Crippen molar-refractivity contribution in [3.8, 4) is 0 Å². The van der Waals surface area contributed by atoms with E-state index in [1.807, 2.05) is 12.1 Å². The second-order valence-corrected chi connectivity index (χ2v) is 6.83. The van der Waals surface area contributed by atoms with E-state index in [0.717, 1.165) is 12.2 Å². The maximum Gasteiger partial charge on any atom is 0.229 e. The van der Waals surface area contributed by atoms with E-state index in [4.69, 9.17) is 23.2 Å². The van der Waals surface area contributed by atoms with Crippen molar-refractivity contribution < 1.29 is 0 Å². The lowest BCUT2D eigenvalue weighted by Gasteiger charge is -2.24. The highest BCUT2D eigenvalue weighted by atomic mass is 35.5. The zero-order valence-corrected chi connectivity index (χ0v) is 15.1. The molecular weight excluding hydrogens is 355 g/mol. The quantitative estimate of drug-likeness (QED) is 0.650. The van der Waals surface area contributed by atoms with Crippen molar-refractivity contribution in [2.45, 2.75) is 19.4 Å². The molecule has 0 spiro atoms. The lowest BCUT2D eigenvalue weighted by Crippen LogP contribution is -2.25. The molecule has 126 valence electrons. The first-order valence-corrected chi connectivity index (χ1v) is 8.80. The summed E-state index contributed by atoms with van der Waals surface area (Å²) in [7, 11) is 0. The number of hydrogen-bond donors (Lipinski definition) is 1. The topological polar surface area (TPSA) is 41.1 Å². The molecule has 2 aromatic carbocycles. The Morgan fingerprint density at radius 2 is 1.80 bits per heavy atom. The van der Waals surface area contributed by atoms with Crippen LogP contribution in [0.15, 0.2) is 54.7 Å². The van der Waals surface area contributed by atoms with Gasteiger partial charge in [-0.25, -0.2) is 4.98 Å². The molecule has 0 radical (unpaired) electrons. The first kappa shape index (κ1) is 16.2. The van der Waals surface area contributed by atoms with Gasteiger partial charge in [0, 0.05) is 17.9 Å². The number of halogens is 2. The van der Waals surface area contributed by atoms with Crippen LogP contribution in [-0.2, 0) is 6.42 Å². The Hall–Kier alpha value is -2.30. The number of nitrogens with one attached hydrogen (secondary N) is 1. The lowest BCUT2D eigenvalue weighted by molar-refractivity contribution is 0.749. The van der Waals surface area contributed by atoms with Gasteiger partial charge in [-0.3, -0.25) is 0 Å². The predicted molar refractivity (Wildman–Crippen MR) is 104 cm³/mol. The van der Waals surface area contributed by atoms with Crippen LogP contribution in [0.25, 0.3) is 0 Å². The third kappa shape index (κ3) is 3.03. The number of hydrogen-bond acceptors (Lipinski definition) is 4. The minimum Gasteiger partial charge on any atom is -0.323 e. The molecule has 0 saturated carbocycles. The Bertz CT molecular complexity index is 909. The zero-order chi connectivity index (χ0) is 17.4. The number of nitrogens with zero attached hydrogens (tertiary/aromatic N) is 3. The number of fused-ring (bicyclic) bond motifs is 1. The molecule has 0 bridgehead atoms. The van der Waals surface area contributed by atoms with Gasteiger partial charge in [0.25, 0.3) is 0 Å². The van der Waals surface area contributed by atoms with Gasteiger partial charge >= 0.3 is 0 Å². The van der Waals surface area contributed by atoms with Crippen LogP contribution >= 0.6 is 23.2 Å². The summed E-state index contributed by atoms with van der Waals surface area (Å²) < 4.78 is 0. The molecule has 6 heteroatoms. The van der Waals surface area contributed by atoms with Crippen LogP contribution in [0.2, 0.25) is 10.0 Å². The molecule has 1 unspecified atom stereocenters. The standard InChI is InChI=1S/C19H16Cl2N4/c1-12-11-13-5-2-3-8-16(13)25(12)17-9-10-22-19(23-17)24-18-14(20)6-4-7-15(18)21/h2-10,12H,11H2,1H3,(H,22,23,24). The van der Waals surface area contributed by atoms with E-state index in [9.17, 15) is 0 Å². The summed E-state index contributed by atoms with van der Waals surface area (Å²) >= 11 is 12.4. The van der Waals surface area contributed by atoms with Crippen molar-refractivity contribution in [1.82, 2.24) is 9.97 Å². The predicted octanol–water partition coefficient (Wildman–Crippen LogP) is 5.61. The van der Waals surface area contributed by atoms with E-state index in [2.05, 4.69) is 45.3 Å². The fraction of sp³-hybridized carbons (Fsp3) is 0.158. The lowest BCUT2D eigenvalue weighted by atomic mass is 10.1. The van der Waals surface area contributed by atoms with Crippen molar-refractivity contribution in [3.63, 3.8) is 0 Å². The van der Waals surface area contributed by atoms with E-state index < -0.39 is 0 Å². The minimum atomic E-state index is 0.337. The largest absolute Gasteiger partial charge is 0.323 e. The monoisotopic (exact) mass is 370 g/mol. The number of rotatable bonds is 3. The smallest absolute Gasteiger partial charge is 0.229 e. The summed E-state index contributed by atoms with van der Waals surface area (Å²) in [6, 6.07) is 16.0. The summed E-state index contributed by atoms with van der Waals surface area (Å²) in [5.41, 5.74) is 3.13. The molecule has 1 N–H and O–H groups in total. The maximum absolute atomic E-state index is 6.22. The van der Waals surface area contributed by atoms with Crippen molar-refractivity contribution in [2.24, 2.45) is 0 Å². The fourth-order valence-electron chi connectivity index (χ4n) is 3.19. The van der Waals surface area contributed by atoms with Crippen LogP contribution in [0.1, 0.15) is 12.5 Å². The first-order valence-electron chi connectivity index (χ1n) is 8.04. The van der Waals surface area contributed by atoms with Gasteiger partial charge in [0.15, 0.2) is 0 Å². The molecule has 0 amide bonds. The summed E-state index contributed by atoms with van der Waals surface area (Å²) in [5.74, 6) is 1.31. The Morgan fingerprint density at radius 3 is 2.60 bits per heavy atom. The van der Waals surface area contributed by atoms with Crippen molar-refractivity contribution in [2.75, 3.05) is 10.2 Å². The van der Waals surface area contributed by atoms with Crippen LogP contribution in [0.5, 0.6) is 0 Å². The summed E-state index contributed by atoms with van der Waals surface area (Å²) in [6.45, 7) is 2.19. The average Bonchev–Trinajstić information content (AvgIpc) is 2.94. The summed E-state index contributed by atoms with van der Waals surface area (Å²) in [4.78, 5) is 11.2. The molecule has 2 heterocycles. The van der Waals surface area contributed by atoms with Crippen LogP contribution in [0.4, 0.5) is 23.1 Å². The SMILES string of the molecule is CC1Cc2ccccc2N1c1ccnc(Nc2c(Cl)cccc2Cl)n1. The van der Waals surface area contributed by atoms with E-state index in [1.54, 1.807) is 24.4 Å². The van der Waals surface area contributed by atoms with Gasteiger partial charge in [-0.2, -0.15) is 4.98 Å². The number of aromatic nitrogens is 2. The number of para-hydroxylation sites is 2. The van der Waals surface area contributed by atoms with E-state index in [-0.39, 0.29) is 0 Å².